The Morgan fingerprint density at radius 3 is 2.31 bits per heavy atom. The molecular formula is C10H7N6+. The smallest absolute Gasteiger partial charge is 0.185 e. The van der Waals surface area contributed by atoms with Gasteiger partial charge in [0, 0.05) is 11.1 Å². The van der Waals surface area contributed by atoms with Crippen LogP contribution in [0.1, 0.15) is 0 Å². The van der Waals surface area contributed by atoms with Gasteiger partial charge in [0.2, 0.25) is 0 Å². The summed E-state index contributed by atoms with van der Waals surface area (Å²) in [6.07, 6.45) is 10.7. The minimum Gasteiger partial charge on any atom is -0.185 e. The fourth-order valence-electron chi connectivity index (χ4n) is 1.55. The van der Waals surface area contributed by atoms with Crippen molar-refractivity contribution < 1.29 is 0 Å². The van der Waals surface area contributed by atoms with Gasteiger partial charge < -0.3 is 0 Å². The molecule has 0 saturated carbocycles. The van der Waals surface area contributed by atoms with E-state index in [1.54, 1.807) is 24.3 Å². The van der Waals surface area contributed by atoms with Crippen molar-refractivity contribution in [1.82, 2.24) is 0 Å². The SMILES string of the molecule is N#[N+]N=C1C=CC=C2C1=CC=CC2=NN=N. The van der Waals surface area contributed by atoms with E-state index in [9.17, 15) is 0 Å². The zero-order valence-electron chi connectivity index (χ0n) is 8.20. The van der Waals surface area contributed by atoms with Crippen LogP contribution in [-0.2, 0) is 0 Å². The van der Waals surface area contributed by atoms with E-state index in [-0.39, 0.29) is 0 Å². The Morgan fingerprint density at radius 2 is 1.69 bits per heavy atom. The molecule has 0 radical (unpaired) electrons. The first-order chi connectivity index (χ1) is 7.86. The first-order valence-corrected chi connectivity index (χ1v) is 4.51. The second-order valence-electron chi connectivity index (χ2n) is 3.04. The molecule has 2 aliphatic rings. The zero-order valence-corrected chi connectivity index (χ0v) is 8.20. The van der Waals surface area contributed by atoms with Crippen molar-refractivity contribution in [3.8, 4) is 0 Å². The lowest BCUT2D eigenvalue weighted by atomic mass is 9.89. The van der Waals surface area contributed by atoms with E-state index < -0.39 is 0 Å². The molecule has 0 bridgehead atoms. The molecule has 0 aromatic carbocycles. The Bertz CT molecular complexity index is 550. The van der Waals surface area contributed by atoms with Gasteiger partial charge in [0.25, 0.3) is 5.39 Å². The maximum absolute atomic E-state index is 8.44. The summed E-state index contributed by atoms with van der Waals surface area (Å²) >= 11 is 0. The van der Waals surface area contributed by atoms with Crippen LogP contribution in [0.4, 0.5) is 0 Å². The number of allylic oxidation sites excluding steroid dienone is 8. The standard InChI is InChI=1S/C10H7N6/c11-15-13-9-5-1-3-7-8(9)4-2-6-10(7)14-16-12/h1-6,11H/q+1. The van der Waals surface area contributed by atoms with Crippen LogP contribution in [0.25, 0.3) is 5.08 Å². The van der Waals surface area contributed by atoms with E-state index in [2.05, 4.69) is 20.5 Å². The molecule has 76 valence electrons. The second-order valence-corrected chi connectivity index (χ2v) is 3.04. The molecule has 0 spiro atoms. The molecule has 6 heteroatoms. The largest absolute Gasteiger partial charge is 0.339 e. The molecule has 0 heterocycles. The van der Waals surface area contributed by atoms with Gasteiger partial charge in [-0.2, -0.15) is 5.53 Å². The van der Waals surface area contributed by atoms with Gasteiger partial charge in [-0.3, -0.25) is 0 Å². The monoisotopic (exact) mass is 211 g/mol. The topological polar surface area (TPSA) is 89.1 Å². The van der Waals surface area contributed by atoms with E-state index in [0.29, 0.717) is 11.4 Å². The molecule has 0 amide bonds. The van der Waals surface area contributed by atoms with Crippen molar-refractivity contribution in [2.75, 3.05) is 0 Å². The fourth-order valence-corrected chi connectivity index (χ4v) is 1.55. The van der Waals surface area contributed by atoms with Crippen molar-refractivity contribution >= 4 is 11.4 Å². The summed E-state index contributed by atoms with van der Waals surface area (Å²) < 4.78 is 0. The summed E-state index contributed by atoms with van der Waals surface area (Å²) in [5.41, 5.74) is 9.46. The quantitative estimate of drug-likeness (QED) is 0.403. The zero-order chi connectivity index (χ0) is 11.4. The van der Waals surface area contributed by atoms with E-state index >= 15 is 0 Å². The van der Waals surface area contributed by atoms with E-state index in [1.165, 1.54) is 0 Å². The van der Waals surface area contributed by atoms with Crippen LogP contribution < -0.4 is 0 Å². The Balaban J connectivity index is 2.52. The minimum absolute atomic E-state index is 0.544. The van der Waals surface area contributed by atoms with Crippen LogP contribution in [0.15, 0.2) is 63.0 Å². The van der Waals surface area contributed by atoms with Crippen molar-refractivity contribution in [3.63, 3.8) is 0 Å². The van der Waals surface area contributed by atoms with E-state index in [0.717, 1.165) is 11.1 Å². The summed E-state index contributed by atoms with van der Waals surface area (Å²) in [5.74, 6) is 0. The maximum Gasteiger partial charge on any atom is 0.339 e. The lowest BCUT2D eigenvalue weighted by Crippen LogP contribution is -2.14. The van der Waals surface area contributed by atoms with Gasteiger partial charge in [-0.05, 0) is 12.2 Å². The summed E-state index contributed by atoms with van der Waals surface area (Å²) in [4.78, 5) is 0. The Hall–Kier alpha value is -2.68. The molecule has 0 fully saturated rings. The number of nitrogens with zero attached hydrogens (tertiary/aromatic N) is 5. The minimum atomic E-state index is 0.544. The molecule has 2 aliphatic carbocycles. The summed E-state index contributed by atoms with van der Waals surface area (Å²) in [6, 6.07) is 0. The van der Waals surface area contributed by atoms with Crippen LogP contribution in [0, 0.1) is 10.9 Å². The molecule has 0 unspecified atom stereocenters. The number of hydrogen-bond donors (Lipinski definition) is 1. The third kappa shape index (κ3) is 1.62. The molecule has 2 rings (SSSR count). The van der Waals surface area contributed by atoms with E-state index in [4.69, 9.17) is 10.9 Å². The van der Waals surface area contributed by atoms with Crippen LogP contribution >= 0.6 is 0 Å². The van der Waals surface area contributed by atoms with Gasteiger partial charge in [0.1, 0.15) is 0 Å². The Morgan fingerprint density at radius 1 is 1.06 bits per heavy atom. The van der Waals surface area contributed by atoms with Gasteiger partial charge >= 0.3 is 5.08 Å². The third-order valence-electron chi connectivity index (χ3n) is 2.19. The van der Waals surface area contributed by atoms with Gasteiger partial charge in [0.15, 0.2) is 10.8 Å². The van der Waals surface area contributed by atoms with Crippen molar-refractivity contribution in [2.45, 2.75) is 0 Å². The highest BCUT2D eigenvalue weighted by molar-refractivity contribution is 6.25. The predicted octanol–water partition coefficient (Wildman–Crippen LogP) is 2.57. The normalized spacial score (nSPS) is 22.4. The molecular weight excluding hydrogens is 204 g/mol. The number of rotatable bonds is 1. The molecule has 1 N–H and O–H groups in total. The molecule has 6 nitrogen and oxygen atoms in total. The van der Waals surface area contributed by atoms with Gasteiger partial charge in [0.05, 0.1) is 5.71 Å². The van der Waals surface area contributed by atoms with E-state index in [1.807, 2.05) is 12.2 Å². The number of nitrogens with one attached hydrogen (secondary N) is 1. The predicted molar refractivity (Wildman–Crippen MR) is 59.5 cm³/mol. The average molecular weight is 211 g/mol. The second kappa shape index (κ2) is 4.23. The van der Waals surface area contributed by atoms with Crippen LogP contribution in [0.2, 0.25) is 0 Å². The summed E-state index contributed by atoms with van der Waals surface area (Å²) in [6.45, 7) is 0. The first kappa shape index (κ1) is 9.86. The third-order valence-corrected chi connectivity index (χ3v) is 2.19. The Labute approximate surface area is 91.2 Å². The molecule has 0 aromatic heterocycles. The van der Waals surface area contributed by atoms with Gasteiger partial charge in [-0.1, -0.05) is 29.5 Å². The number of fused-ring (bicyclic) bond motifs is 1. The van der Waals surface area contributed by atoms with Gasteiger partial charge in [-0.25, -0.2) is 0 Å². The fraction of sp³-hybridized carbons (Fsp3) is 0. The van der Waals surface area contributed by atoms with Crippen molar-refractivity contribution in [2.24, 2.45) is 15.4 Å². The highest BCUT2D eigenvalue weighted by atomic mass is 15.3. The van der Waals surface area contributed by atoms with Gasteiger partial charge in [-0.15, -0.1) is 5.10 Å². The van der Waals surface area contributed by atoms with Crippen LogP contribution in [-0.4, -0.2) is 11.4 Å². The highest BCUT2D eigenvalue weighted by Gasteiger charge is 2.21. The van der Waals surface area contributed by atoms with Crippen molar-refractivity contribution in [3.05, 3.63) is 52.7 Å². The molecule has 16 heavy (non-hydrogen) atoms. The number of hydrogen-bond acceptors (Lipinski definition) is 4. The lowest BCUT2D eigenvalue weighted by Gasteiger charge is -2.14. The summed E-state index contributed by atoms with van der Waals surface area (Å²) in [5, 5.41) is 21.5. The molecule has 0 aromatic rings. The molecule has 0 atom stereocenters. The highest BCUT2D eigenvalue weighted by Crippen LogP contribution is 2.23. The van der Waals surface area contributed by atoms with Crippen molar-refractivity contribution in [1.29, 1.82) is 10.9 Å². The number of diazo groups is 1. The maximum atomic E-state index is 8.44. The lowest BCUT2D eigenvalue weighted by molar-refractivity contribution is 0.990. The first-order valence-electron chi connectivity index (χ1n) is 4.51. The Kier molecular flexibility index (Phi) is 2.61. The van der Waals surface area contributed by atoms with Crippen LogP contribution in [0.5, 0.6) is 0 Å². The molecule has 0 saturated heterocycles. The summed E-state index contributed by atoms with van der Waals surface area (Å²) in [7, 11) is 0. The average Bonchev–Trinajstić information content (AvgIpc) is 2.31. The van der Waals surface area contributed by atoms with Crippen LogP contribution in [0.3, 0.4) is 0 Å². The molecule has 0 aliphatic heterocycles.